The van der Waals surface area contributed by atoms with Crippen molar-refractivity contribution in [2.24, 2.45) is 4.99 Å². The first-order valence-electron chi connectivity index (χ1n) is 7.35. The molecular formula is C17H17FN2O2. The highest BCUT2D eigenvalue weighted by molar-refractivity contribution is 6.13. The van der Waals surface area contributed by atoms with Crippen LogP contribution in [0.25, 0.3) is 0 Å². The number of hydrogen-bond acceptors (Lipinski definition) is 3. The lowest BCUT2D eigenvalue weighted by Gasteiger charge is -2.24. The second-order valence-corrected chi connectivity index (χ2v) is 5.42. The predicted molar refractivity (Wildman–Crippen MR) is 82.1 cm³/mol. The molecule has 4 nitrogen and oxygen atoms in total. The molecule has 0 radical (unpaired) electrons. The Bertz CT molecular complexity index is 692. The second kappa shape index (κ2) is 6.13. The van der Waals surface area contributed by atoms with Gasteiger partial charge in [0.1, 0.15) is 11.6 Å². The lowest BCUT2D eigenvalue weighted by atomic mass is 9.89. The normalized spacial score (nSPS) is 20.4. The fraction of sp³-hybridized carbons (Fsp3) is 0.294. The van der Waals surface area contributed by atoms with Gasteiger partial charge in [-0.25, -0.2) is 4.39 Å². The number of amides is 1. The van der Waals surface area contributed by atoms with Crippen LogP contribution in [0.15, 0.2) is 52.2 Å². The van der Waals surface area contributed by atoms with Gasteiger partial charge in [0.2, 0.25) is 0 Å². The molecule has 1 aliphatic carbocycles. The third-order valence-electron chi connectivity index (χ3n) is 3.96. The minimum Gasteiger partial charge on any atom is -0.507 e. The van der Waals surface area contributed by atoms with Gasteiger partial charge in [0.25, 0.3) is 5.91 Å². The van der Waals surface area contributed by atoms with E-state index in [0.29, 0.717) is 5.56 Å². The van der Waals surface area contributed by atoms with Gasteiger partial charge in [-0.3, -0.25) is 9.79 Å². The number of hydrogen-bond donors (Lipinski definition) is 2. The molecule has 1 heterocycles. The zero-order valence-electron chi connectivity index (χ0n) is 12.1. The van der Waals surface area contributed by atoms with Crippen molar-refractivity contribution in [3.63, 3.8) is 0 Å². The summed E-state index contributed by atoms with van der Waals surface area (Å²) in [5.74, 6) is -0.825. The van der Waals surface area contributed by atoms with E-state index >= 15 is 0 Å². The van der Waals surface area contributed by atoms with Crippen LogP contribution >= 0.6 is 0 Å². The summed E-state index contributed by atoms with van der Waals surface area (Å²) in [6.45, 7) is 0.0681. The molecule has 0 spiro atoms. The van der Waals surface area contributed by atoms with Gasteiger partial charge in [-0.05, 0) is 25.3 Å². The summed E-state index contributed by atoms with van der Waals surface area (Å²) in [4.78, 5) is 16.5. The van der Waals surface area contributed by atoms with E-state index in [1.54, 1.807) is 18.2 Å². The maximum Gasteiger partial charge on any atom is 0.256 e. The zero-order chi connectivity index (χ0) is 15.5. The van der Waals surface area contributed by atoms with Crippen molar-refractivity contribution in [2.75, 3.05) is 0 Å². The Balaban J connectivity index is 1.74. The molecule has 1 aromatic carbocycles. The quantitative estimate of drug-likeness (QED) is 0.901. The number of benzene rings is 1. The molecule has 1 unspecified atom stereocenters. The molecule has 1 aliphatic heterocycles. The number of nitrogens with zero attached hydrogens (tertiary/aromatic N) is 1. The number of aliphatic imine (C=N–C) groups is 1. The number of fused-ring (bicyclic) bond motifs is 1. The van der Waals surface area contributed by atoms with Crippen molar-refractivity contribution < 1.29 is 14.3 Å². The summed E-state index contributed by atoms with van der Waals surface area (Å²) in [5, 5.41) is 12.9. The third-order valence-corrected chi connectivity index (χ3v) is 3.96. The van der Waals surface area contributed by atoms with Crippen molar-refractivity contribution in [2.45, 2.75) is 31.8 Å². The average molecular weight is 300 g/mol. The Morgan fingerprint density at radius 1 is 1.41 bits per heavy atom. The number of rotatable bonds is 3. The molecule has 0 saturated carbocycles. The molecule has 3 rings (SSSR count). The van der Waals surface area contributed by atoms with Gasteiger partial charge in [0.15, 0.2) is 0 Å². The van der Waals surface area contributed by atoms with Crippen LogP contribution in [0, 0.1) is 5.82 Å². The van der Waals surface area contributed by atoms with E-state index in [-0.39, 0.29) is 29.7 Å². The largest absolute Gasteiger partial charge is 0.507 e. The van der Waals surface area contributed by atoms with Crippen LogP contribution in [0.5, 0.6) is 0 Å². The lowest BCUT2D eigenvalue weighted by molar-refractivity contribution is -0.117. The molecule has 2 aliphatic rings. The average Bonchev–Trinajstić information content (AvgIpc) is 2.54. The molecule has 2 N–H and O–H groups in total. The Morgan fingerprint density at radius 3 is 3.05 bits per heavy atom. The van der Waals surface area contributed by atoms with E-state index in [0.717, 1.165) is 24.8 Å². The first kappa shape index (κ1) is 14.5. The van der Waals surface area contributed by atoms with Crippen molar-refractivity contribution >= 4 is 12.1 Å². The molecule has 0 saturated heterocycles. The Morgan fingerprint density at radius 2 is 2.23 bits per heavy atom. The SMILES string of the molecule is O=C(NCc1ccccc1F)C1=C(O)C2=CCCCC2N=C1. The van der Waals surface area contributed by atoms with Crippen LogP contribution in [0.1, 0.15) is 24.8 Å². The highest BCUT2D eigenvalue weighted by Gasteiger charge is 2.27. The number of allylic oxidation sites excluding steroid dienone is 1. The van der Waals surface area contributed by atoms with Gasteiger partial charge in [0.05, 0.1) is 11.6 Å². The molecule has 5 heteroatoms. The smallest absolute Gasteiger partial charge is 0.256 e. The van der Waals surface area contributed by atoms with Crippen LogP contribution < -0.4 is 5.32 Å². The van der Waals surface area contributed by atoms with E-state index in [4.69, 9.17) is 0 Å². The number of halogens is 1. The number of carbonyl (C=O) groups is 1. The summed E-state index contributed by atoms with van der Waals surface area (Å²) in [6.07, 6.45) is 6.16. The van der Waals surface area contributed by atoms with Gasteiger partial charge in [-0.2, -0.15) is 0 Å². The highest BCUT2D eigenvalue weighted by Crippen LogP contribution is 2.30. The van der Waals surface area contributed by atoms with Crippen molar-refractivity contribution in [3.05, 3.63) is 58.6 Å². The molecule has 0 bridgehead atoms. The molecule has 22 heavy (non-hydrogen) atoms. The Labute approximate surface area is 128 Å². The van der Waals surface area contributed by atoms with Gasteiger partial charge >= 0.3 is 0 Å². The summed E-state index contributed by atoms with van der Waals surface area (Å²) in [6, 6.07) is 6.21. The molecular weight excluding hydrogens is 283 g/mol. The lowest BCUT2D eigenvalue weighted by Crippen LogP contribution is -2.30. The number of aliphatic hydroxyl groups excluding tert-OH is 1. The first-order valence-corrected chi connectivity index (χ1v) is 7.35. The fourth-order valence-electron chi connectivity index (χ4n) is 2.73. The molecule has 0 aromatic heterocycles. The molecule has 0 fully saturated rings. The van der Waals surface area contributed by atoms with E-state index < -0.39 is 5.91 Å². The van der Waals surface area contributed by atoms with E-state index in [9.17, 15) is 14.3 Å². The maximum atomic E-state index is 13.5. The standard InChI is InChI=1S/C17H17FN2O2/c18-14-7-3-1-5-11(14)9-20-17(22)13-10-19-15-8-4-2-6-12(15)16(13)21/h1,3,5-7,10,15,21H,2,4,8-9H2,(H,20,22). The maximum absolute atomic E-state index is 13.5. The van der Waals surface area contributed by atoms with Gasteiger partial charge in [-0.15, -0.1) is 0 Å². The number of carbonyl (C=O) groups excluding carboxylic acids is 1. The van der Waals surface area contributed by atoms with Crippen LogP contribution in [0.3, 0.4) is 0 Å². The number of dihydropyridines is 1. The van der Waals surface area contributed by atoms with Crippen molar-refractivity contribution in [1.82, 2.24) is 5.32 Å². The van der Waals surface area contributed by atoms with Crippen molar-refractivity contribution in [3.8, 4) is 0 Å². The van der Waals surface area contributed by atoms with Crippen LogP contribution in [-0.4, -0.2) is 23.3 Å². The van der Waals surface area contributed by atoms with Gasteiger partial charge < -0.3 is 10.4 Å². The topological polar surface area (TPSA) is 61.7 Å². The summed E-state index contributed by atoms with van der Waals surface area (Å²) in [5.41, 5.74) is 1.27. The monoisotopic (exact) mass is 300 g/mol. The van der Waals surface area contributed by atoms with E-state index in [1.165, 1.54) is 12.3 Å². The highest BCUT2D eigenvalue weighted by atomic mass is 19.1. The molecule has 114 valence electrons. The van der Waals surface area contributed by atoms with Crippen LogP contribution in [0.4, 0.5) is 4.39 Å². The predicted octanol–water partition coefficient (Wildman–Crippen LogP) is 2.82. The number of aliphatic hydroxyl groups is 1. The van der Waals surface area contributed by atoms with E-state index in [2.05, 4.69) is 10.3 Å². The molecule has 1 amide bonds. The van der Waals surface area contributed by atoms with E-state index in [1.807, 2.05) is 6.08 Å². The fourth-order valence-corrected chi connectivity index (χ4v) is 2.73. The third kappa shape index (κ3) is 2.79. The minimum atomic E-state index is -0.450. The van der Waals surface area contributed by atoms with Gasteiger partial charge in [0, 0.05) is 23.9 Å². The summed E-state index contributed by atoms with van der Waals surface area (Å²) >= 11 is 0. The molecule has 1 aromatic rings. The zero-order valence-corrected chi connectivity index (χ0v) is 12.1. The van der Waals surface area contributed by atoms with Crippen LogP contribution in [0.2, 0.25) is 0 Å². The van der Waals surface area contributed by atoms with Gasteiger partial charge in [-0.1, -0.05) is 24.3 Å². The Kier molecular flexibility index (Phi) is 4.04. The second-order valence-electron chi connectivity index (χ2n) is 5.42. The number of nitrogens with one attached hydrogen (secondary N) is 1. The molecule has 1 atom stereocenters. The first-order chi connectivity index (χ1) is 10.7. The summed E-state index contributed by atoms with van der Waals surface area (Å²) < 4.78 is 13.5. The summed E-state index contributed by atoms with van der Waals surface area (Å²) in [7, 11) is 0. The van der Waals surface area contributed by atoms with Crippen molar-refractivity contribution in [1.29, 1.82) is 0 Å². The Hall–Kier alpha value is -2.43. The van der Waals surface area contributed by atoms with Crippen LogP contribution in [-0.2, 0) is 11.3 Å². The minimum absolute atomic E-state index is 0.00858.